The molecule has 0 unspecified atom stereocenters. The number of nitrogens with one attached hydrogen (secondary N) is 1. The van der Waals surface area contributed by atoms with Gasteiger partial charge in [0.25, 0.3) is 12.4 Å². The van der Waals surface area contributed by atoms with E-state index in [1.807, 2.05) is 6.92 Å². The van der Waals surface area contributed by atoms with Gasteiger partial charge in [0.05, 0.1) is 12.7 Å². The van der Waals surface area contributed by atoms with Crippen molar-refractivity contribution in [3.63, 3.8) is 0 Å². The van der Waals surface area contributed by atoms with Crippen LogP contribution in [0.25, 0.3) is 11.0 Å². The van der Waals surface area contributed by atoms with E-state index >= 15 is 0 Å². The van der Waals surface area contributed by atoms with Gasteiger partial charge in [0.1, 0.15) is 28.2 Å². The summed E-state index contributed by atoms with van der Waals surface area (Å²) in [6.45, 7) is 2.65. The first kappa shape index (κ1) is 25.5. The molecule has 1 aromatic heterocycles. The molecule has 1 N–H and O–H groups in total. The molecular formula is C21H26BrF4N3O4. The van der Waals surface area contributed by atoms with E-state index in [2.05, 4.69) is 26.2 Å². The summed E-state index contributed by atoms with van der Waals surface area (Å²) in [5.41, 5.74) is -0.524. The fourth-order valence-electron chi connectivity index (χ4n) is 3.80. The molecular weight excluding hydrogens is 514 g/mol. The number of fused-ring (bicyclic) bond motifs is 1. The Hall–Kier alpha value is -2.08. The van der Waals surface area contributed by atoms with Gasteiger partial charge < -0.3 is 19.5 Å². The SMILES string of the molecule is CC(=O)N[C@@H](C)COC1CCC(Oc2nc3c(F)c(Br)c(OCC(F)F)c(F)c3n2C)CC1. The third-order valence-electron chi connectivity index (χ3n) is 5.34. The summed E-state index contributed by atoms with van der Waals surface area (Å²) in [6.07, 6.45) is -0.283. The van der Waals surface area contributed by atoms with Crippen LogP contribution in [0.1, 0.15) is 39.5 Å². The molecule has 1 heterocycles. The van der Waals surface area contributed by atoms with Crippen molar-refractivity contribution in [2.45, 2.75) is 64.2 Å². The van der Waals surface area contributed by atoms with E-state index in [4.69, 9.17) is 14.2 Å². The van der Waals surface area contributed by atoms with Crippen LogP contribution in [0.5, 0.6) is 11.8 Å². The van der Waals surface area contributed by atoms with E-state index in [-0.39, 0.29) is 41.2 Å². The zero-order chi connectivity index (χ0) is 24.3. The summed E-state index contributed by atoms with van der Waals surface area (Å²) in [5.74, 6) is -2.68. The van der Waals surface area contributed by atoms with Crippen LogP contribution in [0.2, 0.25) is 0 Å². The van der Waals surface area contributed by atoms with Gasteiger partial charge in [0, 0.05) is 20.0 Å². The summed E-state index contributed by atoms with van der Waals surface area (Å²) < 4.78 is 72.1. The highest BCUT2D eigenvalue weighted by Gasteiger charge is 2.29. The number of aromatic nitrogens is 2. The predicted molar refractivity (Wildman–Crippen MR) is 116 cm³/mol. The van der Waals surface area contributed by atoms with Gasteiger partial charge in [-0.05, 0) is 48.5 Å². The normalized spacial score (nSPS) is 19.7. The Bertz CT molecular complexity index is 996. The average molecular weight is 540 g/mol. The van der Waals surface area contributed by atoms with Crippen molar-refractivity contribution in [1.29, 1.82) is 0 Å². The smallest absolute Gasteiger partial charge is 0.297 e. The first-order chi connectivity index (χ1) is 15.6. The van der Waals surface area contributed by atoms with Gasteiger partial charge in [-0.2, -0.15) is 4.98 Å². The van der Waals surface area contributed by atoms with Crippen LogP contribution in [0, 0.1) is 11.6 Å². The Labute approximate surface area is 196 Å². The van der Waals surface area contributed by atoms with Gasteiger partial charge in [0.15, 0.2) is 17.4 Å². The Morgan fingerprint density at radius 2 is 1.82 bits per heavy atom. The van der Waals surface area contributed by atoms with Crippen LogP contribution in [-0.2, 0) is 16.6 Å². The molecule has 1 aliphatic carbocycles. The fourth-order valence-corrected chi connectivity index (χ4v) is 4.28. The van der Waals surface area contributed by atoms with Crippen LogP contribution in [0.3, 0.4) is 0 Å². The maximum Gasteiger partial charge on any atom is 0.297 e. The predicted octanol–water partition coefficient (Wildman–Crippen LogP) is 4.49. The van der Waals surface area contributed by atoms with Gasteiger partial charge in [-0.1, -0.05) is 0 Å². The fraction of sp³-hybridized carbons (Fsp3) is 0.619. The lowest BCUT2D eigenvalue weighted by molar-refractivity contribution is -0.120. The maximum atomic E-state index is 15.0. The molecule has 0 radical (unpaired) electrons. The van der Waals surface area contributed by atoms with Crippen molar-refractivity contribution in [2.24, 2.45) is 7.05 Å². The van der Waals surface area contributed by atoms with Gasteiger partial charge >= 0.3 is 0 Å². The molecule has 12 heteroatoms. The average Bonchev–Trinajstić information content (AvgIpc) is 3.07. The molecule has 1 saturated carbocycles. The number of carbonyl (C=O) groups is 1. The quantitative estimate of drug-likeness (QED) is 0.375. The zero-order valence-electron chi connectivity index (χ0n) is 18.5. The number of nitrogens with zero attached hydrogens (tertiary/aromatic N) is 2. The Kier molecular flexibility index (Phi) is 8.43. The van der Waals surface area contributed by atoms with Crippen LogP contribution in [0.4, 0.5) is 17.6 Å². The van der Waals surface area contributed by atoms with Gasteiger partial charge in [-0.3, -0.25) is 9.36 Å². The molecule has 0 saturated heterocycles. The monoisotopic (exact) mass is 539 g/mol. The molecule has 0 aliphatic heterocycles. The number of hydrogen-bond donors (Lipinski definition) is 1. The number of hydrogen-bond acceptors (Lipinski definition) is 5. The summed E-state index contributed by atoms with van der Waals surface area (Å²) in [6, 6.07) is -0.0699. The first-order valence-electron chi connectivity index (χ1n) is 10.6. The van der Waals surface area contributed by atoms with Gasteiger partial charge in [-0.15, -0.1) is 0 Å². The minimum atomic E-state index is -2.84. The lowest BCUT2D eigenvalue weighted by atomic mass is 9.95. The van der Waals surface area contributed by atoms with Crippen molar-refractivity contribution < 1.29 is 36.6 Å². The lowest BCUT2D eigenvalue weighted by Crippen LogP contribution is -2.37. The molecule has 1 fully saturated rings. The highest BCUT2D eigenvalue weighted by atomic mass is 79.9. The molecule has 33 heavy (non-hydrogen) atoms. The second-order valence-corrected chi connectivity index (χ2v) is 8.87. The maximum absolute atomic E-state index is 15.0. The van der Waals surface area contributed by atoms with Crippen LogP contribution in [-0.4, -0.2) is 53.3 Å². The summed E-state index contributed by atoms with van der Waals surface area (Å²) >= 11 is 2.87. The van der Waals surface area contributed by atoms with Crippen LogP contribution in [0.15, 0.2) is 4.47 Å². The van der Waals surface area contributed by atoms with E-state index in [0.29, 0.717) is 19.4 Å². The molecule has 0 bridgehead atoms. The molecule has 0 spiro atoms. The van der Waals surface area contributed by atoms with Crippen molar-refractivity contribution in [2.75, 3.05) is 13.2 Å². The molecule has 1 atom stereocenters. The van der Waals surface area contributed by atoms with E-state index < -0.39 is 34.9 Å². The molecule has 1 aromatic carbocycles. The largest absolute Gasteiger partial charge is 0.483 e. The number of amides is 1. The molecule has 1 aliphatic rings. The van der Waals surface area contributed by atoms with Crippen molar-refractivity contribution >= 4 is 32.9 Å². The standard InChI is InChI=1S/C21H26BrF4N3O4/c1-10(27-11(2)30)8-31-12-4-6-13(7-5-12)33-21-28-18-16(25)15(22)20(32-9-14(23)24)17(26)19(18)29(21)3/h10,12-14H,4-9H2,1-3H3,(H,27,30)/t10-,12?,13?/m0/s1. The van der Waals surface area contributed by atoms with E-state index in [9.17, 15) is 22.4 Å². The molecule has 3 rings (SSSR count). The number of alkyl halides is 2. The van der Waals surface area contributed by atoms with Gasteiger partial charge in [0.2, 0.25) is 5.91 Å². The number of halogens is 5. The molecule has 2 aromatic rings. The topological polar surface area (TPSA) is 74.6 Å². The Morgan fingerprint density at radius 1 is 1.18 bits per heavy atom. The third kappa shape index (κ3) is 6.08. The summed E-state index contributed by atoms with van der Waals surface area (Å²) in [5, 5.41) is 2.76. The second-order valence-electron chi connectivity index (χ2n) is 8.08. The van der Waals surface area contributed by atoms with E-state index in [1.54, 1.807) is 0 Å². The minimum Gasteiger partial charge on any atom is -0.483 e. The Balaban J connectivity index is 1.67. The molecule has 1 amide bonds. The van der Waals surface area contributed by atoms with E-state index in [0.717, 1.165) is 12.8 Å². The third-order valence-corrected chi connectivity index (χ3v) is 6.05. The van der Waals surface area contributed by atoms with Crippen molar-refractivity contribution in [3.8, 4) is 11.8 Å². The van der Waals surface area contributed by atoms with Crippen LogP contribution < -0.4 is 14.8 Å². The zero-order valence-corrected chi connectivity index (χ0v) is 20.1. The number of imidazole rings is 1. The minimum absolute atomic E-state index is 0.0179. The highest BCUT2D eigenvalue weighted by Crippen LogP contribution is 2.39. The van der Waals surface area contributed by atoms with Gasteiger partial charge in [-0.25, -0.2) is 17.6 Å². The molecule has 7 nitrogen and oxygen atoms in total. The first-order valence-corrected chi connectivity index (χ1v) is 11.4. The Morgan fingerprint density at radius 3 is 2.42 bits per heavy atom. The van der Waals surface area contributed by atoms with E-state index in [1.165, 1.54) is 18.5 Å². The lowest BCUT2D eigenvalue weighted by Gasteiger charge is -2.29. The number of aryl methyl sites for hydroxylation is 1. The highest BCUT2D eigenvalue weighted by molar-refractivity contribution is 9.10. The number of benzene rings is 1. The summed E-state index contributed by atoms with van der Waals surface area (Å²) in [7, 11) is 1.45. The number of carbonyl (C=O) groups excluding carboxylic acids is 1. The second kappa shape index (κ2) is 10.9. The molecule has 184 valence electrons. The summed E-state index contributed by atoms with van der Waals surface area (Å²) in [4.78, 5) is 15.2. The van der Waals surface area contributed by atoms with Crippen molar-refractivity contribution in [1.82, 2.24) is 14.9 Å². The number of ether oxygens (including phenoxy) is 3. The van der Waals surface area contributed by atoms with Crippen LogP contribution >= 0.6 is 15.9 Å². The van der Waals surface area contributed by atoms with Crippen molar-refractivity contribution in [3.05, 3.63) is 16.1 Å². The number of rotatable bonds is 9.